The number of ether oxygens (including phenoxy) is 2. The van der Waals surface area contributed by atoms with E-state index < -0.39 is 0 Å². The molecule has 1 aromatic carbocycles. The van der Waals surface area contributed by atoms with E-state index >= 15 is 0 Å². The fraction of sp³-hybridized carbons (Fsp3) is 0.667. The predicted octanol–water partition coefficient (Wildman–Crippen LogP) is 3.14. The van der Waals surface area contributed by atoms with Crippen LogP contribution in [0.5, 0.6) is 5.75 Å². The molecule has 2 N–H and O–H groups in total. The summed E-state index contributed by atoms with van der Waals surface area (Å²) < 4.78 is 10.9. The van der Waals surface area contributed by atoms with E-state index in [9.17, 15) is 0 Å². The molecule has 29 heavy (non-hydrogen) atoms. The third kappa shape index (κ3) is 7.18. The van der Waals surface area contributed by atoms with Gasteiger partial charge in [0.2, 0.25) is 0 Å². The molecule has 1 aliphatic carbocycles. The number of nitrogens with zero attached hydrogens (tertiary/aromatic N) is 2. The minimum Gasteiger partial charge on any atom is -0.497 e. The molecule has 0 amide bonds. The average Bonchev–Trinajstić information content (AvgIpc) is 3.22. The Labute approximate surface area is 196 Å². The predicted molar refractivity (Wildman–Crippen MR) is 133 cm³/mol. The number of hydrogen-bond donors (Lipinski definition) is 2. The van der Waals surface area contributed by atoms with Crippen LogP contribution in [0.25, 0.3) is 0 Å². The van der Waals surface area contributed by atoms with Crippen molar-refractivity contribution in [3.8, 4) is 5.75 Å². The molecule has 164 valence electrons. The molecule has 3 unspecified atom stereocenters. The van der Waals surface area contributed by atoms with Crippen molar-refractivity contribution < 1.29 is 9.47 Å². The number of methoxy groups -OCH3 is 1. The van der Waals surface area contributed by atoms with Crippen LogP contribution in [-0.4, -0.2) is 75.4 Å². The van der Waals surface area contributed by atoms with Crippen molar-refractivity contribution >= 4 is 41.7 Å². The molecule has 1 saturated heterocycles. The summed E-state index contributed by atoms with van der Waals surface area (Å²) in [5.74, 6) is 1.79. The monoisotopic (exact) mass is 534 g/mol. The Kier molecular flexibility index (Phi) is 10.9. The molecule has 0 aromatic heterocycles. The number of aliphatic imine (C=N–C) groups is 1. The van der Waals surface area contributed by atoms with Gasteiger partial charge in [-0.2, -0.15) is 11.8 Å². The number of hydrogen-bond acceptors (Lipinski definition) is 5. The Bertz CT molecular complexity index is 626. The van der Waals surface area contributed by atoms with Crippen molar-refractivity contribution in [2.75, 3.05) is 53.3 Å². The summed E-state index contributed by atoms with van der Waals surface area (Å²) in [7, 11) is 3.56. The highest BCUT2D eigenvalue weighted by atomic mass is 127. The van der Waals surface area contributed by atoms with E-state index in [2.05, 4.69) is 38.9 Å². The molecule has 1 aliphatic heterocycles. The molecule has 0 bridgehead atoms. The van der Waals surface area contributed by atoms with Gasteiger partial charge in [-0.05, 0) is 43.2 Å². The van der Waals surface area contributed by atoms with Gasteiger partial charge in [0.25, 0.3) is 0 Å². The van der Waals surface area contributed by atoms with Crippen molar-refractivity contribution in [1.82, 2.24) is 15.5 Å². The molecule has 6 nitrogen and oxygen atoms in total. The lowest BCUT2D eigenvalue weighted by Crippen LogP contribution is -2.48. The molecular weight excluding hydrogens is 499 g/mol. The van der Waals surface area contributed by atoms with Crippen LogP contribution >= 0.6 is 35.7 Å². The Morgan fingerprint density at radius 2 is 2.00 bits per heavy atom. The molecule has 1 saturated carbocycles. The van der Waals surface area contributed by atoms with Crippen molar-refractivity contribution in [1.29, 1.82) is 0 Å². The third-order valence-corrected chi connectivity index (χ3v) is 6.83. The number of benzene rings is 1. The maximum Gasteiger partial charge on any atom is 0.191 e. The van der Waals surface area contributed by atoms with Gasteiger partial charge in [-0.1, -0.05) is 12.1 Å². The standard InChI is InChI=1S/C21H34N4O2S.HI/c1-22-21(24-17-6-9-19(14-17)28-3)23-15-20(25-10-12-27-13-11-25)16-4-7-18(26-2)8-5-16;/h4-5,7-8,17,19-20H,6,9-15H2,1-3H3,(H2,22,23,24);1H. The largest absolute Gasteiger partial charge is 0.497 e. The van der Waals surface area contributed by atoms with Gasteiger partial charge in [-0.15, -0.1) is 24.0 Å². The zero-order valence-corrected chi connectivity index (χ0v) is 20.9. The van der Waals surface area contributed by atoms with Crippen LogP contribution in [0.4, 0.5) is 0 Å². The second-order valence-electron chi connectivity index (χ2n) is 7.40. The van der Waals surface area contributed by atoms with Crippen LogP contribution in [0, 0.1) is 0 Å². The number of rotatable bonds is 7. The Hall–Kier alpha value is -0.710. The quantitative estimate of drug-likeness (QED) is 0.319. The van der Waals surface area contributed by atoms with Crippen LogP contribution in [0.3, 0.4) is 0 Å². The van der Waals surface area contributed by atoms with E-state index in [0.29, 0.717) is 6.04 Å². The second-order valence-corrected chi connectivity index (χ2v) is 8.54. The van der Waals surface area contributed by atoms with Crippen LogP contribution in [-0.2, 0) is 4.74 Å². The lowest BCUT2D eigenvalue weighted by Gasteiger charge is -2.35. The van der Waals surface area contributed by atoms with E-state index in [1.165, 1.54) is 24.8 Å². The molecule has 0 spiro atoms. The maximum absolute atomic E-state index is 5.56. The van der Waals surface area contributed by atoms with Crippen molar-refractivity contribution in [3.05, 3.63) is 29.8 Å². The van der Waals surface area contributed by atoms with Gasteiger partial charge in [-0.3, -0.25) is 9.89 Å². The summed E-state index contributed by atoms with van der Waals surface area (Å²) in [5.41, 5.74) is 1.29. The first kappa shape index (κ1) is 24.6. The molecule has 3 rings (SSSR count). The zero-order chi connectivity index (χ0) is 19.8. The second kappa shape index (κ2) is 12.9. The molecule has 2 aliphatic rings. The van der Waals surface area contributed by atoms with E-state index in [1.807, 2.05) is 30.9 Å². The topological polar surface area (TPSA) is 58.1 Å². The van der Waals surface area contributed by atoms with Crippen LogP contribution in [0.1, 0.15) is 30.9 Å². The fourth-order valence-electron chi connectivity index (χ4n) is 4.04. The Morgan fingerprint density at radius 1 is 1.28 bits per heavy atom. The summed E-state index contributed by atoms with van der Waals surface area (Å²) in [5, 5.41) is 7.97. The molecule has 1 heterocycles. The van der Waals surface area contributed by atoms with Gasteiger partial charge in [0.05, 0.1) is 26.4 Å². The highest BCUT2D eigenvalue weighted by Crippen LogP contribution is 2.28. The van der Waals surface area contributed by atoms with Gasteiger partial charge in [-0.25, -0.2) is 0 Å². The van der Waals surface area contributed by atoms with Gasteiger partial charge in [0.1, 0.15) is 5.75 Å². The van der Waals surface area contributed by atoms with Crippen LogP contribution < -0.4 is 15.4 Å². The number of thioether (sulfide) groups is 1. The molecule has 0 radical (unpaired) electrons. The van der Waals surface area contributed by atoms with Crippen LogP contribution in [0.2, 0.25) is 0 Å². The number of nitrogens with one attached hydrogen (secondary N) is 2. The van der Waals surface area contributed by atoms with E-state index in [-0.39, 0.29) is 30.0 Å². The highest BCUT2D eigenvalue weighted by Gasteiger charge is 2.26. The first-order valence-corrected chi connectivity index (χ1v) is 11.5. The summed E-state index contributed by atoms with van der Waals surface area (Å²) in [6.07, 6.45) is 5.94. The minimum absolute atomic E-state index is 0. The molecular formula is C21H35IN4O2S. The summed E-state index contributed by atoms with van der Waals surface area (Å²) in [6.45, 7) is 4.28. The van der Waals surface area contributed by atoms with Gasteiger partial charge < -0.3 is 20.1 Å². The SMILES string of the molecule is CN=C(NCC(c1ccc(OC)cc1)N1CCOCC1)NC1CCC(SC)C1.I. The van der Waals surface area contributed by atoms with Gasteiger partial charge >= 0.3 is 0 Å². The molecule has 1 aromatic rings. The Balaban J connectivity index is 0.00000300. The minimum atomic E-state index is 0. The maximum atomic E-state index is 5.56. The van der Waals surface area contributed by atoms with Gasteiger partial charge in [0, 0.05) is 38.0 Å². The van der Waals surface area contributed by atoms with E-state index in [1.54, 1.807) is 7.11 Å². The van der Waals surface area contributed by atoms with E-state index in [0.717, 1.165) is 49.8 Å². The first-order chi connectivity index (χ1) is 13.7. The van der Waals surface area contributed by atoms with Crippen molar-refractivity contribution in [2.24, 2.45) is 4.99 Å². The molecule has 2 fully saturated rings. The molecule has 3 atom stereocenters. The lowest BCUT2D eigenvalue weighted by atomic mass is 10.0. The van der Waals surface area contributed by atoms with E-state index in [4.69, 9.17) is 9.47 Å². The smallest absolute Gasteiger partial charge is 0.191 e. The average molecular weight is 535 g/mol. The fourth-order valence-corrected chi connectivity index (χ4v) is 4.84. The first-order valence-electron chi connectivity index (χ1n) is 10.2. The van der Waals surface area contributed by atoms with Crippen molar-refractivity contribution in [3.63, 3.8) is 0 Å². The lowest BCUT2D eigenvalue weighted by molar-refractivity contribution is 0.0170. The molecule has 8 heteroatoms. The summed E-state index contributed by atoms with van der Waals surface area (Å²) in [6, 6.07) is 9.20. The zero-order valence-electron chi connectivity index (χ0n) is 17.7. The number of halogens is 1. The number of guanidine groups is 1. The Morgan fingerprint density at radius 3 is 2.59 bits per heavy atom. The normalized spacial score (nSPS) is 23.9. The summed E-state index contributed by atoms with van der Waals surface area (Å²) >= 11 is 1.98. The third-order valence-electron chi connectivity index (χ3n) is 5.73. The van der Waals surface area contributed by atoms with Gasteiger partial charge in [0.15, 0.2) is 5.96 Å². The highest BCUT2D eigenvalue weighted by molar-refractivity contribution is 14.0. The van der Waals surface area contributed by atoms with Crippen LogP contribution in [0.15, 0.2) is 29.3 Å². The number of morpholine rings is 1. The van der Waals surface area contributed by atoms with Crippen molar-refractivity contribution in [2.45, 2.75) is 36.6 Å². The summed E-state index contributed by atoms with van der Waals surface area (Å²) in [4.78, 5) is 6.96.